The zero-order valence-electron chi connectivity index (χ0n) is 14.3. The Labute approximate surface area is 147 Å². The number of H-pyrrole nitrogens is 1. The van der Waals surface area contributed by atoms with Crippen LogP contribution in [0.1, 0.15) is 32.6 Å². The number of para-hydroxylation sites is 2. The quantitative estimate of drug-likeness (QED) is 0.731. The molecule has 0 bridgehead atoms. The number of benzene rings is 1. The first-order valence-corrected chi connectivity index (χ1v) is 10.3. The van der Waals surface area contributed by atoms with Crippen LogP contribution in [0.2, 0.25) is 0 Å². The number of aromatic amines is 1. The molecule has 1 heterocycles. The average Bonchev–Trinajstić information content (AvgIpc) is 3.02. The number of carbonyl (C=O) groups excluding carboxylic acids is 1. The van der Waals surface area contributed by atoms with E-state index in [-0.39, 0.29) is 17.6 Å². The average molecular weight is 364 g/mol. The van der Waals surface area contributed by atoms with E-state index in [9.17, 15) is 13.2 Å². The third-order valence-electron chi connectivity index (χ3n) is 4.82. The predicted octanol–water partition coefficient (Wildman–Crippen LogP) is 2.25. The van der Waals surface area contributed by atoms with Crippen LogP contribution in [-0.2, 0) is 14.8 Å². The molecular weight excluding hydrogens is 340 g/mol. The highest BCUT2D eigenvalue weighted by Crippen LogP contribution is 2.29. The molecule has 0 spiro atoms. The zero-order chi connectivity index (χ0) is 17.9. The Balaban J connectivity index is 1.50. The van der Waals surface area contributed by atoms with Gasteiger partial charge >= 0.3 is 0 Å². The molecule has 7 nitrogen and oxygen atoms in total. The number of hydrogen-bond acceptors (Lipinski definition) is 4. The molecule has 3 N–H and O–H groups in total. The molecule has 25 heavy (non-hydrogen) atoms. The van der Waals surface area contributed by atoms with Crippen molar-refractivity contribution >= 4 is 32.9 Å². The minimum absolute atomic E-state index is 0.0216. The Morgan fingerprint density at radius 2 is 1.96 bits per heavy atom. The summed E-state index contributed by atoms with van der Waals surface area (Å²) >= 11 is 0. The lowest BCUT2D eigenvalue weighted by Gasteiger charge is -2.27. The topological polar surface area (TPSA) is 104 Å². The molecule has 1 aliphatic carbocycles. The van der Waals surface area contributed by atoms with Gasteiger partial charge in [-0.2, -0.15) is 0 Å². The van der Waals surface area contributed by atoms with E-state index in [1.807, 2.05) is 24.3 Å². The van der Waals surface area contributed by atoms with Crippen molar-refractivity contribution < 1.29 is 13.2 Å². The van der Waals surface area contributed by atoms with Crippen LogP contribution in [0.3, 0.4) is 0 Å². The Hall–Kier alpha value is -1.93. The summed E-state index contributed by atoms with van der Waals surface area (Å²) < 4.78 is 25.6. The lowest BCUT2D eigenvalue weighted by atomic mass is 9.81. The van der Waals surface area contributed by atoms with Crippen LogP contribution in [0.5, 0.6) is 0 Å². The number of rotatable bonds is 6. The Morgan fingerprint density at radius 3 is 2.64 bits per heavy atom. The number of aromatic nitrogens is 2. The van der Waals surface area contributed by atoms with Crippen LogP contribution in [0.25, 0.3) is 11.0 Å². The van der Waals surface area contributed by atoms with E-state index >= 15 is 0 Å². The molecule has 1 aromatic carbocycles. The maximum atomic E-state index is 12.4. The molecule has 0 aliphatic heterocycles. The molecule has 8 heteroatoms. The summed E-state index contributed by atoms with van der Waals surface area (Å²) in [6.45, 7) is 2.09. The van der Waals surface area contributed by atoms with Gasteiger partial charge in [-0.15, -0.1) is 0 Å². The first-order valence-electron chi connectivity index (χ1n) is 8.70. The van der Waals surface area contributed by atoms with E-state index in [2.05, 4.69) is 20.0 Å². The van der Waals surface area contributed by atoms with Crippen molar-refractivity contribution in [2.24, 2.45) is 11.8 Å². The number of imidazole rings is 1. The number of fused-ring (bicyclic) bond motifs is 1. The Kier molecular flexibility index (Phi) is 5.39. The van der Waals surface area contributed by atoms with Gasteiger partial charge in [0.05, 0.1) is 16.8 Å². The minimum atomic E-state index is -3.14. The van der Waals surface area contributed by atoms with Crippen LogP contribution in [0.15, 0.2) is 24.3 Å². The fourth-order valence-electron chi connectivity index (χ4n) is 3.21. The van der Waals surface area contributed by atoms with E-state index in [0.29, 0.717) is 18.4 Å². The monoisotopic (exact) mass is 364 g/mol. The summed E-state index contributed by atoms with van der Waals surface area (Å²) in [4.78, 5) is 19.9. The molecule has 0 atom stereocenters. The van der Waals surface area contributed by atoms with Crippen LogP contribution in [0.4, 0.5) is 5.95 Å². The summed E-state index contributed by atoms with van der Waals surface area (Å²) in [5.74, 6) is 0.807. The molecule has 0 unspecified atom stereocenters. The molecular formula is C17H24N4O3S. The second-order valence-corrected chi connectivity index (χ2v) is 8.66. The van der Waals surface area contributed by atoms with Crippen molar-refractivity contribution in [2.75, 3.05) is 17.6 Å². The lowest BCUT2D eigenvalue weighted by molar-refractivity contribution is -0.121. The molecule has 2 aromatic rings. The van der Waals surface area contributed by atoms with Gasteiger partial charge in [-0.3, -0.25) is 10.1 Å². The maximum absolute atomic E-state index is 12.4. The zero-order valence-corrected chi connectivity index (χ0v) is 15.1. The number of anilines is 1. The summed E-state index contributed by atoms with van der Waals surface area (Å²) in [5, 5.41) is 2.86. The summed E-state index contributed by atoms with van der Waals surface area (Å²) in [6, 6.07) is 7.63. The number of sulfonamides is 1. The van der Waals surface area contributed by atoms with Gasteiger partial charge in [0.15, 0.2) is 0 Å². The molecule has 3 rings (SSSR count). The fourth-order valence-corrected chi connectivity index (χ4v) is 3.90. The number of nitrogens with zero attached hydrogens (tertiary/aromatic N) is 1. The van der Waals surface area contributed by atoms with Gasteiger partial charge in [0.25, 0.3) is 0 Å². The van der Waals surface area contributed by atoms with Gasteiger partial charge in [-0.1, -0.05) is 12.1 Å². The minimum Gasteiger partial charge on any atom is -0.324 e. The summed E-state index contributed by atoms with van der Waals surface area (Å²) in [6.07, 6.45) is 3.24. The van der Waals surface area contributed by atoms with E-state index in [1.165, 1.54) is 0 Å². The van der Waals surface area contributed by atoms with E-state index < -0.39 is 10.0 Å². The van der Waals surface area contributed by atoms with Crippen molar-refractivity contribution in [3.8, 4) is 0 Å². The largest absolute Gasteiger partial charge is 0.324 e. The van der Waals surface area contributed by atoms with Gasteiger partial charge in [-0.05, 0) is 50.7 Å². The lowest BCUT2D eigenvalue weighted by Crippen LogP contribution is -2.34. The van der Waals surface area contributed by atoms with Crippen molar-refractivity contribution in [3.63, 3.8) is 0 Å². The first kappa shape index (κ1) is 17.9. The van der Waals surface area contributed by atoms with E-state index in [4.69, 9.17) is 0 Å². The molecule has 136 valence electrons. The van der Waals surface area contributed by atoms with Gasteiger partial charge in [-0.25, -0.2) is 18.1 Å². The molecule has 1 saturated carbocycles. The third kappa shape index (κ3) is 4.58. The number of nitrogens with one attached hydrogen (secondary N) is 3. The molecule has 1 aliphatic rings. The SMILES string of the molecule is CCS(=O)(=O)NCC1CCC(C(=O)Nc2nc3ccccc3[nH]2)CC1. The second-order valence-electron chi connectivity index (χ2n) is 6.56. The van der Waals surface area contributed by atoms with E-state index in [0.717, 1.165) is 36.7 Å². The summed E-state index contributed by atoms with van der Waals surface area (Å²) in [7, 11) is -3.14. The van der Waals surface area contributed by atoms with Crippen LogP contribution < -0.4 is 10.0 Å². The third-order valence-corrected chi connectivity index (χ3v) is 6.19. The van der Waals surface area contributed by atoms with Gasteiger partial charge in [0, 0.05) is 12.5 Å². The summed E-state index contributed by atoms with van der Waals surface area (Å²) in [5.41, 5.74) is 1.72. The van der Waals surface area contributed by atoms with Gasteiger partial charge in [0.1, 0.15) is 0 Å². The first-order chi connectivity index (χ1) is 12.0. The Morgan fingerprint density at radius 1 is 1.24 bits per heavy atom. The number of carbonyl (C=O) groups is 1. The predicted molar refractivity (Wildman–Crippen MR) is 97.6 cm³/mol. The van der Waals surface area contributed by atoms with Gasteiger partial charge < -0.3 is 4.98 Å². The molecule has 1 fully saturated rings. The highest BCUT2D eigenvalue weighted by Gasteiger charge is 2.27. The van der Waals surface area contributed by atoms with Crippen molar-refractivity contribution in [1.82, 2.24) is 14.7 Å². The fraction of sp³-hybridized carbons (Fsp3) is 0.529. The molecule has 0 radical (unpaired) electrons. The van der Waals surface area contributed by atoms with E-state index in [1.54, 1.807) is 6.92 Å². The maximum Gasteiger partial charge on any atom is 0.229 e. The standard InChI is InChI=1S/C17H24N4O3S/c1-2-25(23,24)18-11-12-7-9-13(10-8-12)16(22)21-17-19-14-5-3-4-6-15(14)20-17/h3-6,12-13,18H,2,7-11H2,1H3,(H2,19,20,21,22). The Bertz CT molecular complexity index is 805. The molecule has 0 saturated heterocycles. The smallest absolute Gasteiger partial charge is 0.229 e. The normalized spacial score (nSPS) is 21.3. The molecule has 1 aromatic heterocycles. The van der Waals surface area contributed by atoms with Crippen molar-refractivity contribution in [2.45, 2.75) is 32.6 Å². The highest BCUT2D eigenvalue weighted by molar-refractivity contribution is 7.89. The number of amides is 1. The van der Waals surface area contributed by atoms with Crippen LogP contribution >= 0.6 is 0 Å². The highest BCUT2D eigenvalue weighted by atomic mass is 32.2. The van der Waals surface area contributed by atoms with Crippen molar-refractivity contribution in [1.29, 1.82) is 0 Å². The van der Waals surface area contributed by atoms with Crippen LogP contribution in [-0.4, -0.2) is 36.6 Å². The van der Waals surface area contributed by atoms with Crippen LogP contribution in [0, 0.1) is 11.8 Å². The number of hydrogen-bond donors (Lipinski definition) is 3. The van der Waals surface area contributed by atoms with Crippen molar-refractivity contribution in [3.05, 3.63) is 24.3 Å². The van der Waals surface area contributed by atoms with Gasteiger partial charge in [0.2, 0.25) is 21.9 Å². The molecule has 1 amide bonds. The second kappa shape index (κ2) is 7.53.